The molecule has 3 aromatic rings. The second-order valence-corrected chi connectivity index (χ2v) is 6.48. The molecule has 0 bridgehead atoms. The average Bonchev–Trinajstić information content (AvgIpc) is 2.98. The number of hydrogen-bond acceptors (Lipinski definition) is 6. The Kier molecular flexibility index (Phi) is 5.99. The predicted octanol–water partition coefficient (Wildman–Crippen LogP) is 4.03. The van der Waals surface area contributed by atoms with E-state index >= 15 is 0 Å². The Morgan fingerprint density at radius 3 is 2.52 bits per heavy atom. The molecule has 0 spiro atoms. The Balaban J connectivity index is 2.05. The van der Waals surface area contributed by atoms with Gasteiger partial charge >= 0.3 is 6.18 Å². The fourth-order valence-electron chi connectivity index (χ4n) is 2.85. The molecule has 0 atom stereocenters. The largest absolute Gasteiger partial charge is 0.463 e. The maximum atomic E-state index is 13.6. The monoisotopic (exact) mass is 438 g/mol. The molecule has 0 saturated heterocycles. The van der Waals surface area contributed by atoms with Gasteiger partial charge in [0.1, 0.15) is 17.4 Å². The molecule has 0 aliphatic rings. The molecule has 0 aliphatic carbocycles. The summed E-state index contributed by atoms with van der Waals surface area (Å²) in [6, 6.07) is 6.49. The van der Waals surface area contributed by atoms with E-state index < -0.39 is 30.2 Å². The molecule has 0 radical (unpaired) electrons. The number of ether oxygens (including phenoxy) is 1. The van der Waals surface area contributed by atoms with Crippen molar-refractivity contribution < 1.29 is 27.1 Å². The quantitative estimate of drug-likeness (QED) is 0.481. The van der Waals surface area contributed by atoms with Gasteiger partial charge in [-0.3, -0.25) is 9.48 Å². The third-order valence-electron chi connectivity index (χ3n) is 4.21. The van der Waals surface area contributed by atoms with E-state index in [2.05, 4.69) is 20.7 Å². The van der Waals surface area contributed by atoms with Crippen LogP contribution in [0.1, 0.15) is 21.6 Å². The Morgan fingerprint density at radius 1 is 1.19 bits per heavy atom. The number of pyridine rings is 1. The van der Waals surface area contributed by atoms with Gasteiger partial charge in [0.2, 0.25) is 6.86 Å². The van der Waals surface area contributed by atoms with Crippen molar-refractivity contribution in [2.75, 3.05) is 17.5 Å². The fourth-order valence-corrected chi connectivity index (χ4v) is 2.85. The Labute approximate surface area is 174 Å². The van der Waals surface area contributed by atoms with Crippen LogP contribution in [-0.2, 0) is 13.2 Å². The lowest BCUT2D eigenvalue weighted by Crippen LogP contribution is -2.15. The third kappa shape index (κ3) is 5.02. The van der Waals surface area contributed by atoms with Gasteiger partial charge in [0.25, 0.3) is 5.91 Å². The molecule has 2 heterocycles. The highest BCUT2D eigenvalue weighted by Crippen LogP contribution is 2.38. The Bertz CT molecular complexity index is 1110. The number of alkyl halides is 4. The molecule has 12 heteroatoms. The van der Waals surface area contributed by atoms with E-state index in [1.807, 2.05) is 0 Å². The van der Waals surface area contributed by atoms with E-state index in [0.29, 0.717) is 17.7 Å². The number of nitrogens with two attached hydrogens (primary N) is 1. The van der Waals surface area contributed by atoms with Gasteiger partial charge in [-0.2, -0.15) is 18.3 Å². The number of nitrogens with one attached hydrogen (secondary N) is 2. The second kappa shape index (κ2) is 8.50. The minimum atomic E-state index is -4.74. The van der Waals surface area contributed by atoms with Crippen LogP contribution < -0.4 is 21.1 Å². The molecule has 0 unspecified atom stereocenters. The summed E-state index contributed by atoms with van der Waals surface area (Å²) in [5, 5.41) is 9.58. The lowest BCUT2D eigenvalue weighted by Gasteiger charge is -2.18. The number of rotatable bonds is 7. The molecule has 8 nitrogen and oxygen atoms in total. The summed E-state index contributed by atoms with van der Waals surface area (Å²) in [6.07, 6.45) is -4.09. The highest BCUT2D eigenvalue weighted by molar-refractivity contribution is 5.99. The summed E-state index contributed by atoms with van der Waals surface area (Å²) >= 11 is 0. The summed E-state index contributed by atoms with van der Waals surface area (Å²) in [5.74, 6) is -0.288. The Morgan fingerprint density at radius 2 is 1.94 bits per heavy atom. The molecular formula is C19H18F4N6O2. The maximum absolute atomic E-state index is 13.6. The van der Waals surface area contributed by atoms with Crippen LogP contribution in [0, 0.1) is 6.92 Å². The van der Waals surface area contributed by atoms with Gasteiger partial charge < -0.3 is 21.1 Å². The van der Waals surface area contributed by atoms with Crippen molar-refractivity contribution in [1.82, 2.24) is 14.8 Å². The van der Waals surface area contributed by atoms with Crippen molar-refractivity contribution in [3.63, 3.8) is 0 Å². The van der Waals surface area contributed by atoms with Crippen LogP contribution in [0.15, 0.2) is 36.5 Å². The topological polar surface area (TPSA) is 107 Å². The molecule has 1 amide bonds. The molecule has 31 heavy (non-hydrogen) atoms. The number of amides is 1. The van der Waals surface area contributed by atoms with Gasteiger partial charge in [0, 0.05) is 31.4 Å². The number of carbonyl (C=O) groups is 1. The number of hydrogen-bond donors (Lipinski definition) is 3. The zero-order chi connectivity index (χ0) is 22.8. The first-order chi connectivity index (χ1) is 14.6. The SMILES string of the molecule is Cc1cc(Nc2cc(Nc3cc(OCF)ccc3C(N)=O)c(C(F)(F)F)cn2)n(C)n1. The third-order valence-corrected chi connectivity index (χ3v) is 4.21. The highest BCUT2D eigenvalue weighted by atomic mass is 19.4. The smallest absolute Gasteiger partial charge is 0.419 e. The van der Waals surface area contributed by atoms with E-state index in [-0.39, 0.29) is 22.8 Å². The number of primary amides is 1. The molecule has 0 aliphatic heterocycles. The van der Waals surface area contributed by atoms with Crippen LogP contribution in [0.3, 0.4) is 0 Å². The zero-order valence-electron chi connectivity index (χ0n) is 16.4. The predicted molar refractivity (Wildman–Crippen MR) is 105 cm³/mol. The van der Waals surface area contributed by atoms with Crippen molar-refractivity contribution in [3.05, 3.63) is 53.3 Å². The lowest BCUT2D eigenvalue weighted by atomic mass is 10.1. The molecule has 0 saturated carbocycles. The van der Waals surface area contributed by atoms with Crippen LogP contribution in [0.4, 0.5) is 40.6 Å². The van der Waals surface area contributed by atoms with Crippen molar-refractivity contribution in [1.29, 1.82) is 0 Å². The van der Waals surface area contributed by atoms with Crippen molar-refractivity contribution in [2.24, 2.45) is 12.8 Å². The average molecular weight is 438 g/mol. The van der Waals surface area contributed by atoms with Crippen LogP contribution in [0.5, 0.6) is 5.75 Å². The van der Waals surface area contributed by atoms with Gasteiger partial charge in [-0.25, -0.2) is 9.37 Å². The Hall–Kier alpha value is -3.83. The number of carbonyl (C=O) groups excluding carboxylic acids is 1. The van der Waals surface area contributed by atoms with Gasteiger partial charge in [-0.05, 0) is 19.1 Å². The number of anilines is 4. The van der Waals surface area contributed by atoms with Gasteiger partial charge in [0.15, 0.2) is 0 Å². The fraction of sp³-hybridized carbons (Fsp3) is 0.211. The number of nitrogens with zero attached hydrogens (tertiary/aromatic N) is 3. The minimum absolute atomic E-state index is 0.00123. The number of benzene rings is 1. The first-order valence-corrected chi connectivity index (χ1v) is 8.83. The summed E-state index contributed by atoms with van der Waals surface area (Å²) < 4.78 is 59.4. The molecule has 164 valence electrons. The summed E-state index contributed by atoms with van der Waals surface area (Å²) in [7, 11) is 1.66. The van der Waals surface area contributed by atoms with Crippen LogP contribution >= 0.6 is 0 Å². The first-order valence-electron chi connectivity index (χ1n) is 8.83. The first kappa shape index (κ1) is 21.9. The van der Waals surface area contributed by atoms with Gasteiger partial charge in [-0.15, -0.1) is 0 Å². The van der Waals surface area contributed by atoms with Crippen molar-refractivity contribution in [3.8, 4) is 5.75 Å². The standard InChI is InChI=1S/C19H18F4N6O2/c1-10-5-17(29(2)28-10)27-16-7-15(13(8-25-16)19(21,22)23)26-14-6-11(31-9-20)3-4-12(14)18(24)30/h3-8H,9H2,1-2H3,(H2,24,30)(H2,25,26,27). The van der Waals surface area contributed by atoms with E-state index in [9.17, 15) is 22.4 Å². The van der Waals surface area contributed by atoms with Crippen molar-refractivity contribution in [2.45, 2.75) is 13.1 Å². The van der Waals surface area contributed by atoms with Crippen LogP contribution in [0.2, 0.25) is 0 Å². The van der Waals surface area contributed by atoms with E-state index in [0.717, 1.165) is 6.07 Å². The molecule has 4 N–H and O–H groups in total. The molecule has 3 rings (SSSR count). The van der Waals surface area contributed by atoms with E-state index in [1.54, 1.807) is 20.0 Å². The molecular weight excluding hydrogens is 420 g/mol. The summed E-state index contributed by atoms with van der Waals surface area (Å²) in [5.41, 5.74) is 4.35. The van der Waals surface area contributed by atoms with E-state index in [4.69, 9.17) is 10.5 Å². The number of halogens is 4. The maximum Gasteiger partial charge on any atom is 0.419 e. The second-order valence-electron chi connectivity index (χ2n) is 6.48. The van der Waals surface area contributed by atoms with Crippen LogP contribution in [-0.4, -0.2) is 27.5 Å². The highest BCUT2D eigenvalue weighted by Gasteiger charge is 2.34. The van der Waals surface area contributed by atoms with Gasteiger partial charge in [-0.1, -0.05) is 0 Å². The normalized spacial score (nSPS) is 11.3. The van der Waals surface area contributed by atoms with E-state index in [1.165, 1.54) is 22.9 Å². The molecule has 2 aromatic heterocycles. The van der Waals surface area contributed by atoms with Gasteiger partial charge in [0.05, 0.1) is 28.2 Å². The van der Waals surface area contributed by atoms with Crippen LogP contribution in [0.25, 0.3) is 0 Å². The zero-order valence-corrected chi connectivity index (χ0v) is 16.4. The number of aromatic nitrogens is 3. The molecule has 0 fully saturated rings. The molecule has 1 aromatic carbocycles. The lowest BCUT2D eigenvalue weighted by molar-refractivity contribution is -0.137. The summed E-state index contributed by atoms with van der Waals surface area (Å²) in [4.78, 5) is 15.5. The van der Waals surface area contributed by atoms with Crippen molar-refractivity contribution >= 4 is 28.9 Å². The number of aryl methyl sites for hydroxylation is 2. The summed E-state index contributed by atoms with van der Waals surface area (Å²) in [6.45, 7) is 0.604. The minimum Gasteiger partial charge on any atom is -0.463 e.